The van der Waals surface area contributed by atoms with E-state index in [-0.39, 0.29) is 17.9 Å². The molecule has 25 heavy (non-hydrogen) atoms. The maximum absolute atomic E-state index is 12.5. The molecule has 0 bridgehead atoms. The number of benzene rings is 2. The van der Waals surface area contributed by atoms with Crippen LogP contribution < -0.4 is 5.32 Å². The molecule has 0 aromatic heterocycles. The second-order valence-corrected chi connectivity index (χ2v) is 7.41. The molecule has 0 unspecified atom stereocenters. The van der Waals surface area contributed by atoms with E-state index in [0.717, 1.165) is 17.3 Å². The van der Waals surface area contributed by atoms with Gasteiger partial charge in [0.05, 0.1) is 0 Å². The maximum Gasteiger partial charge on any atom is 0.253 e. The quantitative estimate of drug-likeness (QED) is 0.810. The van der Waals surface area contributed by atoms with Crippen LogP contribution in [-0.4, -0.2) is 35.8 Å². The van der Waals surface area contributed by atoms with Crippen LogP contribution in [-0.2, 0) is 0 Å². The van der Waals surface area contributed by atoms with Crippen molar-refractivity contribution >= 4 is 39.3 Å². The molecule has 2 amide bonds. The molecule has 130 valence electrons. The van der Waals surface area contributed by atoms with Gasteiger partial charge in [-0.2, -0.15) is 0 Å². The fourth-order valence-corrected chi connectivity index (χ4v) is 3.26. The van der Waals surface area contributed by atoms with Gasteiger partial charge in [0.25, 0.3) is 11.8 Å². The normalized spacial score (nSPS) is 15.0. The van der Waals surface area contributed by atoms with Crippen molar-refractivity contribution in [3.63, 3.8) is 0 Å². The van der Waals surface area contributed by atoms with Crippen LogP contribution in [0.2, 0.25) is 5.02 Å². The number of nitrogens with zero attached hydrogens (tertiary/aromatic N) is 1. The van der Waals surface area contributed by atoms with E-state index in [4.69, 9.17) is 11.6 Å². The van der Waals surface area contributed by atoms with Crippen LogP contribution in [0.4, 0.5) is 0 Å². The predicted molar refractivity (Wildman–Crippen MR) is 102 cm³/mol. The summed E-state index contributed by atoms with van der Waals surface area (Å²) in [6, 6.07) is 14.3. The molecule has 6 heteroatoms. The average molecular weight is 422 g/mol. The van der Waals surface area contributed by atoms with Crippen LogP contribution in [0.25, 0.3) is 0 Å². The van der Waals surface area contributed by atoms with E-state index in [0.29, 0.717) is 29.2 Å². The Hall–Kier alpha value is -1.85. The zero-order valence-electron chi connectivity index (χ0n) is 13.5. The van der Waals surface area contributed by atoms with Crippen molar-refractivity contribution in [2.24, 2.45) is 0 Å². The van der Waals surface area contributed by atoms with Crippen molar-refractivity contribution < 1.29 is 9.59 Å². The summed E-state index contributed by atoms with van der Waals surface area (Å²) in [4.78, 5) is 26.6. The van der Waals surface area contributed by atoms with Gasteiger partial charge < -0.3 is 10.2 Å². The summed E-state index contributed by atoms with van der Waals surface area (Å²) in [6.45, 7) is 1.28. The summed E-state index contributed by atoms with van der Waals surface area (Å²) in [5.74, 6) is -0.0654. The number of carbonyl (C=O) groups is 2. The summed E-state index contributed by atoms with van der Waals surface area (Å²) in [6.07, 6.45) is 1.50. The molecular weight excluding hydrogens is 404 g/mol. The van der Waals surface area contributed by atoms with E-state index in [1.165, 1.54) is 0 Å². The van der Waals surface area contributed by atoms with Crippen LogP contribution in [0.3, 0.4) is 0 Å². The first-order valence-corrected chi connectivity index (χ1v) is 9.31. The summed E-state index contributed by atoms with van der Waals surface area (Å²) in [7, 11) is 0. The summed E-state index contributed by atoms with van der Waals surface area (Å²) >= 11 is 9.21. The van der Waals surface area contributed by atoms with Gasteiger partial charge in [0, 0.05) is 39.8 Å². The van der Waals surface area contributed by atoms with E-state index in [9.17, 15) is 9.59 Å². The number of nitrogens with one attached hydrogen (secondary N) is 1. The van der Waals surface area contributed by atoms with Gasteiger partial charge in [-0.25, -0.2) is 0 Å². The molecular formula is C19H18BrClN2O2. The molecule has 1 aliphatic rings. The molecule has 0 spiro atoms. The Morgan fingerprint density at radius 3 is 2.12 bits per heavy atom. The highest BCUT2D eigenvalue weighted by Crippen LogP contribution is 2.17. The van der Waals surface area contributed by atoms with Crippen LogP contribution in [0.1, 0.15) is 33.6 Å². The molecule has 0 atom stereocenters. The molecule has 2 aromatic rings. The van der Waals surface area contributed by atoms with Crippen molar-refractivity contribution in [3.8, 4) is 0 Å². The average Bonchev–Trinajstić information content (AvgIpc) is 2.63. The number of hydrogen-bond donors (Lipinski definition) is 1. The molecule has 4 nitrogen and oxygen atoms in total. The lowest BCUT2D eigenvalue weighted by molar-refractivity contribution is 0.0698. The van der Waals surface area contributed by atoms with Gasteiger partial charge in [-0.1, -0.05) is 27.5 Å². The fraction of sp³-hybridized carbons (Fsp3) is 0.263. The Morgan fingerprint density at radius 1 is 0.960 bits per heavy atom. The fourth-order valence-electron chi connectivity index (χ4n) is 2.87. The van der Waals surface area contributed by atoms with Gasteiger partial charge in [-0.15, -0.1) is 0 Å². The lowest BCUT2D eigenvalue weighted by Crippen LogP contribution is -2.46. The maximum atomic E-state index is 12.5. The monoisotopic (exact) mass is 420 g/mol. The molecule has 1 saturated heterocycles. The highest BCUT2D eigenvalue weighted by Gasteiger charge is 2.24. The van der Waals surface area contributed by atoms with E-state index in [1.807, 2.05) is 29.2 Å². The number of likely N-dealkylation sites (tertiary alicyclic amines) is 1. The zero-order chi connectivity index (χ0) is 17.8. The molecule has 1 heterocycles. The number of halogens is 2. The second-order valence-electron chi connectivity index (χ2n) is 6.05. The minimum absolute atomic E-state index is 0.0370. The van der Waals surface area contributed by atoms with E-state index in [2.05, 4.69) is 21.2 Å². The Balaban J connectivity index is 1.53. The predicted octanol–water partition coefficient (Wildman–Crippen LogP) is 4.14. The Kier molecular flexibility index (Phi) is 5.76. The minimum atomic E-state index is -0.102. The van der Waals surface area contributed by atoms with E-state index >= 15 is 0 Å². The molecule has 2 aromatic carbocycles. The Labute approximate surface area is 160 Å². The highest BCUT2D eigenvalue weighted by atomic mass is 79.9. The van der Waals surface area contributed by atoms with Gasteiger partial charge in [0.15, 0.2) is 0 Å². The number of rotatable bonds is 3. The van der Waals surface area contributed by atoms with Crippen molar-refractivity contribution in [3.05, 3.63) is 69.2 Å². The highest BCUT2D eigenvalue weighted by molar-refractivity contribution is 9.10. The van der Waals surface area contributed by atoms with Crippen molar-refractivity contribution in [2.45, 2.75) is 18.9 Å². The minimum Gasteiger partial charge on any atom is -0.349 e. The van der Waals surface area contributed by atoms with Crippen LogP contribution in [0, 0.1) is 0 Å². The SMILES string of the molecule is O=C(NC1CCN(C(=O)c2ccc(Br)cc2)CC1)c1ccc(Cl)cc1. The largest absolute Gasteiger partial charge is 0.349 e. The summed E-state index contributed by atoms with van der Waals surface area (Å²) in [5.41, 5.74) is 1.28. The molecule has 3 rings (SSSR count). The lowest BCUT2D eigenvalue weighted by Gasteiger charge is -2.32. The second kappa shape index (κ2) is 8.02. The standard InChI is InChI=1S/C19H18BrClN2O2/c20-15-5-1-14(2-6-15)19(25)23-11-9-17(10-12-23)22-18(24)13-3-7-16(21)8-4-13/h1-8,17H,9-12H2,(H,22,24). The van der Waals surface area contributed by atoms with Gasteiger partial charge >= 0.3 is 0 Å². The lowest BCUT2D eigenvalue weighted by atomic mass is 10.0. The number of piperidine rings is 1. The summed E-state index contributed by atoms with van der Waals surface area (Å²) < 4.78 is 0.952. The molecule has 0 saturated carbocycles. The third-order valence-electron chi connectivity index (χ3n) is 4.31. The number of hydrogen-bond acceptors (Lipinski definition) is 2. The van der Waals surface area contributed by atoms with Crippen molar-refractivity contribution in [1.29, 1.82) is 0 Å². The van der Waals surface area contributed by atoms with Crippen molar-refractivity contribution in [1.82, 2.24) is 10.2 Å². The van der Waals surface area contributed by atoms with E-state index in [1.54, 1.807) is 24.3 Å². The van der Waals surface area contributed by atoms with Crippen LogP contribution in [0.15, 0.2) is 53.0 Å². The molecule has 0 aliphatic carbocycles. The summed E-state index contributed by atoms with van der Waals surface area (Å²) in [5, 5.41) is 3.64. The first-order chi connectivity index (χ1) is 12.0. The van der Waals surface area contributed by atoms with Gasteiger partial charge in [0.1, 0.15) is 0 Å². The first-order valence-electron chi connectivity index (χ1n) is 8.14. The number of amides is 2. The third kappa shape index (κ3) is 4.61. The molecule has 1 N–H and O–H groups in total. The van der Waals surface area contributed by atoms with Crippen molar-refractivity contribution in [2.75, 3.05) is 13.1 Å². The Morgan fingerprint density at radius 2 is 1.52 bits per heavy atom. The number of carbonyl (C=O) groups excluding carboxylic acids is 2. The van der Waals surface area contributed by atoms with Gasteiger partial charge in [-0.05, 0) is 61.4 Å². The smallest absolute Gasteiger partial charge is 0.253 e. The third-order valence-corrected chi connectivity index (χ3v) is 5.10. The van der Waals surface area contributed by atoms with Crippen LogP contribution >= 0.6 is 27.5 Å². The van der Waals surface area contributed by atoms with Gasteiger partial charge in [0.2, 0.25) is 0 Å². The Bertz CT molecular complexity index is 754. The molecule has 1 fully saturated rings. The molecule has 0 radical (unpaired) electrons. The van der Waals surface area contributed by atoms with Gasteiger partial charge in [-0.3, -0.25) is 9.59 Å². The molecule has 1 aliphatic heterocycles. The topological polar surface area (TPSA) is 49.4 Å². The van der Waals surface area contributed by atoms with E-state index < -0.39 is 0 Å². The van der Waals surface area contributed by atoms with Crippen LogP contribution in [0.5, 0.6) is 0 Å². The zero-order valence-corrected chi connectivity index (χ0v) is 15.9. The first kappa shape index (κ1) is 18.0.